The molecular weight excluding hydrogens is 338 g/mol. The van der Waals surface area contributed by atoms with E-state index >= 15 is 0 Å². The maximum absolute atomic E-state index is 9.13. The quantitative estimate of drug-likeness (QED) is 0.499. The van der Waals surface area contributed by atoms with Gasteiger partial charge in [-0.05, 0) is 37.1 Å². The van der Waals surface area contributed by atoms with Gasteiger partial charge in [-0.15, -0.1) is 0 Å². The number of hydrogen-bond donors (Lipinski definition) is 1. The Hall–Kier alpha value is -3.10. The molecule has 0 fully saturated rings. The number of nitriles is 1. The summed E-state index contributed by atoms with van der Waals surface area (Å²) in [5, 5.41) is 12.3. The second-order valence-electron chi connectivity index (χ2n) is 6.64. The highest BCUT2D eigenvalue weighted by Crippen LogP contribution is 2.33. The molecule has 0 unspecified atom stereocenters. The van der Waals surface area contributed by atoms with Crippen molar-refractivity contribution in [3.8, 4) is 11.8 Å². The Labute approximate surface area is 157 Å². The molecule has 5 heteroatoms. The lowest BCUT2D eigenvalue weighted by Crippen LogP contribution is -2.07. The van der Waals surface area contributed by atoms with Crippen LogP contribution in [0.4, 0.5) is 0 Å². The smallest absolute Gasteiger partial charge is 0.124 e. The van der Waals surface area contributed by atoms with E-state index in [1.165, 1.54) is 0 Å². The molecule has 2 aromatic heterocycles. The molecule has 4 aromatic rings. The van der Waals surface area contributed by atoms with Crippen molar-refractivity contribution in [3.63, 3.8) is 0 Å². The highest BCUT2D eigenvalue weighted by Gasteiger charge is 2.12. The van der Waals surface area contributed by atoms with Crippen LogP contribution in [0, 0.1) is 18.3 Å². The summed E-state index contributed by atoms with van der Waals surface area (Å²) in [7, 11) is 0. The zero-order valence-electron chi connectivity index (χ0n) is 15.5. The molecule has 2 heterocycles. The zero-order valence-corrected chi connectivity index (χ0v) is 15.5. The zero-order chi connectivity index (χ0) is 18.8. The summed E-state index contributed by atoms with van der Waals surface area (Å²) in [6.07, 6.45) is 2.89. The van der Waals surface area contributed by atoms with Gasteiger partial charge in [-0.2, -0.15) is 5.26 Å². The molecular formula is C22H21N3O2. The fourth-order valence-corrected chi connectivity index (χ4v) is 3.37. The van der Waals surface area contributed by atoms with Crippen LogP contribution in [0.2, 0.25) is 0 Å². The average molecular weight is 359 g/mol. The molecule has 0 amide bonds. The third kappa shape index (κ3) is 3.20. The predicted molar refractivity (Wildman–Crippen MR) is 107 cm³/mol. The van der Waals surface area contributed by atoms with Gasteiger partial charge in [-0.1, -0.05) is 13.0 Å². The Morgan fingerprint density at radius 1 is 1.07 bits per heavy atom. The fraction of sp³-hybridized carbons (Fsp3) is 0.273. The normalized spacial score (nSPS) is 11.3. The van der Waals surface area contributed by atoms with Crippen molar-refractivity contribution >= 4 is 32.7 Å². The second-order valence-corrected chi connectivity index (χ2v) is 6.64. The van der Waals surface area contributed by atoms with E-state index in [4.69, 9.17) is 14.7 Å². The third-order valence-corrected chi connectivity index (χ3v) is 4.70. The van der Waals surface area contributed by atoms with Crippen molar-refractivity contribution in [2.24, 2.45) is 0 Å². The second kappa shape index (κ2) is 7.26. The van der Waals surface area contributed by atoms with Gasteiger partial charge in [0.25, 0.3) is 0 Å². The first-order valence-corrected chi connectivity index (χ1v) is 9.16. The number of rotatable bonds is 6. The number of aryl methyl sites for hydroxylation is 1. The van der Waals surface area contributed by atoms with E-state index in [2.05, 4.69) is 29.0 Å². The van der Waals surface area contributed by atoms with E-state index < -0.39 is 0 Å². The van der Waals surface area contributed by atoms with Gasteiger partial charge in [0, 0.05) is 40.5 Å². The molecule has 0 saturated heterocycles. The predicted octanol–water partition coefficient (Wildman–Crippen LogP) is 4.85. The standard InChI is InChI=1S/C22H21N3O2/c1-3-6-26-7-8-27-21-11-19-17(9-14(21)2)22-18(13-24-19)16-5-4-15(12-23)10-20(16)25-22/h4-5,9-11,13,25H,3,6-8H2,1-2H3. The number of aromatic nitrogens is 2. The van der Waals surface area contributed by atoms with Gasteiger partial charge >= 0.3 is 0 Å². The molecule has 0 bridgehead atoms. The summed E-state index contributed by atoms with van der Waals surface area (Å²) in [5.41, 5.74) is 4.56. The molecule has 5 nitrogen and oxygen atoms in total. The Morgan fingerprint density at radius 3 is 2.78 bits per heavy atom. The first-order chi connectivity index (χ1) is 13.2. The van der Waals surface area contributed by atoms with E-state index in [0.717, 1.165) is 57.0 Å². The molecule has 0 saturated carbocycles. The van der Waals surface area contributed by atoms with Crippen LogP contribution in [-0.4, -0.2) is 29.8 Å². The largest absolute Gasteiger partial charge is 0.491 e. The number of hydrogen-bond acceptors (Lipinski definition) is 4. The van der Waals surface area contributed by atoms with Gasteiger partial charge in [-0.3, -0.25) is 4.98 Å². The van der Waals surface area contributed by atoms with Gasteiger partial charge in [0.2, 0.25) is 0 Å². The number of nitrogens with zero attached hydrogens (tertiary/aromatic N) is 2. The average Bonchev–Trinajstić information content (AvgIpc) is 3.06. The van der Waals surface area contributed by atoms with E-state index in [1.54, 1.807) is 0 Å². The van der Waals surface area contributed by atoms with Crippen LogP contribution in [0.25, 0.3) is 32.7 Å². The third-order valence-electron chi connectivity index (χ3n) is 4.70. The Balaban J connectivity index is 1.74. The van der Waals surface area contributed by atoms with Crippen molar-refractivity contribution in [1.82, 2.24) is 9.97 Å². The van der Waals surface area contributed by atoms with Crippen LogP contribution >= 0.6 is 0 Å². The first kappa shape index (κ1) is 17.3. The van der Waals surface area contributed by atoms with Crippen LogP contribution in [0.1, 0.15) is 24.5 Å². The van der Waals surface area contributed by atoms with Crippen molar-refractivity contribution in [2.45, 2.75) is 20.3 Å². The minimum absolute atomic E-state index is 0.526. The number of H-pyrrole nitrogens is 1. The van der Waals surface area contributed by atoms with Crippen LogP contribution in [0.15, 0.2) is 36.5 Å². The molecule has 0 aliphatic heterocycles. The molecule has 27 heavy (non-hydrogen) atoms. The number of benzene rings is 2. The summed E-state index contributed by atoms with van der Waals surface area (Å²) in [4.78, 5) is 8.09. The van der Waals surface area contributed by atoms with Gasteiger partial charge in [0.05, 0.1) is 29.3 Å². The Kier molecular flexibility index (Phi) is 4.66. The minimum Gasteiger partial charge on any atom is -0.491 e. The highest BCUT2D eigenvalue weighted by molar-refractivity contribution is 6.16. The monoisotopic (exact) mass is 359 g/mol. The van der Waals surface area contributed by atoms with E-state index in [1.807, 2.05) is 37.4 Å². The van der Waals surface area contributed by atoms with Crippen molar-refractivity contribution in [1.29, 1.82) is 5.26 Å². The lowest BCUT2D eigenvalue weighted by atomic mass is 10.1. The number of pyridine rings is 1. The van der Waals surface area contributed by atoms with Crippen LogP contribution in [0.5, 0.6) is 5.75 Å². The maximum Gasteiger partial charge on any atom is 0.124 e. The molecule has 0 aliphatic rings. The summed E-state index contributed by atoms with van der Waals surface area (Å²) in [6.45, 7) is 6.00. The van der Waals surface area contributed by atoms with Crippen molar-refractivity contribution < 1.29 is 9.47 Å². The van der Waals surface area contributed by atoms with E-state index in [-0.39, 0.29) is 0 Å². The molecule has 1 N–H and O–H groups in total. The van der Waals surface area contributed by atoms with Gasteiger partial charge in [-0.25, -0.2) is 0 Å². The van der Waals surface area contributed by atoms with Crippen molar-refractivity contribution in [2.75, 3.05) is 19.8 Å². The van der Waals surface area contributed by atoms with E-state index in [0.29, 0.717) is 18.8 Å². The van der Waals surface area contributed by atoms with Gasteiger partial charge < -0.3 is 14.5 Å². The Morgan fingerprint density at radius 2 is 1.96 bits per heavy atom. The number of fused-ring (bicyclic) bond motifs is 5. The summed E-state index contributed by atoms with van der Waals surface area (Å²) in [6, 6.07) is 12.0. The maximum atomic E-state index is 9.13. The van der Waals surface area contributed by atoms with Crippen LogP contribution in [0.3, 0.4) is 0 Å². The number of aromatic amines is 1. The molecule has 136 valence electrons. The summed E-state index contributed by atoms with van der Waals surface area (Å²) >= 11 is 0. The highest BCUT2D eigenvalue weighted by atomic mass is 16.5. The molecule has 0 aliphatic carbocycles. The number of nitrogens with one attached hydrogen (secondary N) is 1. The minimum atomic E-state index is 0.526. The summed E-state index contributed by atoms with van der Waals surface area (Å²) < 4.78 is 11.4. The molecule has 0 radical (unpaired) electrons. The molecule has 0 atom stereocenters. The van der Waals surface area contributed by atoms with Crippen LogP contribution < -0.4 is 4.74 Å². The fourth-order valence-electron chi connectivity index (χ4n) is 3.37. The van der Waals surface area contributed by atoms with E-state index in [9.17, 15) is 0 Å². The SMILES string of the molecule is CCCOCCOc1cc2ncc3c4ccc(C#N)cc4[nH]c3c2cc1C. The Bertz CT molecular complexity index is 1170. The molecule has 2 aromatic carbocycles. The lowest BCUT2D eigenvalue weighted by Gasteiger charge is -2.11. The topological polar surface area (TPSA) is 70.9 Å². The van der Waals surface area contributed by atoms with Crippen molar-refractivity contribution in [3.05, 3.63) is 47.7 Å². The summed E-state index contributed by atoms with van der Waals surface area (Å²) in [5.74, 6) is 0.831. The first-order valence-electron chi connectivity index (χ1n) is 9.16. The lowest BCUT2D eigenvalue weighted by molar-refractivity contribution is 0.100. The van der Waals surface area contributed by atoms with Gasteiger partial charge in [0.15, 0.2) is 0 Å². The molecule has 4 rings (SSSR count). The van der Waals surface area contributed by atoms with Crippen LogP contribution in [-0.2, 0) is 4.74 Å². The molecule has 0 spiro atoms. The number of ether oxygens (including phenoxy) is 2. The van der Waals surface area contributed by atoms with Gasteiger partial charge in [0.1, 0.15) is 12.4 Å².